The molecule has 1 heterocycles. The van der Waals surface area contributed by atoms with Gasteiger partial charge in [0.1, 0.15) is 11.6 Å². The molecule has 1 fully saturated rings. The van der Waals surface area contributed by atoms with Crippen LogP contribution in [0.4, 0.5) is 4.79 Å². The zero-order valence-corrected chi connectivity index (χ0v) is 13.5. The van der Waals surface area contributed by atoms with Crippen LogP contribution in [0.2, 0.25) is 0 Å². The number of carbonyl (C=O) groups excluding carboxylic acids is 3. The van der Waals surface area contributed by atoms with Gasteiger partial charge in [0.2, 0.25) is 11.8 Å². The zero-order valence-electron chi connectivity index (χ0n) is 13.5. The molecule has 0 aromatic rings. The molecule has 0 aromatic carbocycles. The van der Waals surface area contributed by atoms with E-state index in [0.717, 1.165) is 0 Å². The predicted octanol–water partition coefficient (Wildman–Crippen LogP) is -0.406. The number of nitrogens with one attached hydrogen (secondary N) is 1. The van der Waals surface area contributed by atoms with Crippen molar-refractivity contribution in [1.82, 2.24) is 10.2 Å². The Kier molecular flexibility index (Phi) is 5.76. The van der Waals surface area contributed by atoms with Crippen LogP contribution in [0.15, 0.2) is 0 Å². The normalized spacial score (nSPS) is 21.1. The van der Waals surface area contributed by atoms with E-state index in [2.05, 4.69) is 5.32 Å². The van der Waals surface area contributed by atoms with E-state index >= 15 is 0 Å². The molecule has 0 aliphatic carbocycles. The third-order valence-corrected chi connectivity index (χ3v) is 3.30. The molecular formula is C14H25N3O5. The average molecular weight is 315 g/mol. The number of likely N-dealkylation sites (tertiary alicyclic amines) is 1. The lowest BCUT2D eigenvalue weighted by atomic mass is 10.1. The van der Waals surface area contributed by atoms with Gasteiger partial charge in [-0.15, -0.1) is 0 Å². The smallest absolute Gasteiger partial charge is 0.410 e. The third-order valence-electron chi connectivity index (χ3n) is 3.30. The van der Waals surface area contributed by atoms with Gasteiger partial charge in [0, 0.05) is 13.1 Å². The Hall–Kier alpha value is -1.83. The first-order valence-electron chi connectivity index (χ1n) is 7.27. The van der Waals surface area contributed by atoms with Crippen molar-refractivity contribution in [2.45, 2.75) is 51.9 Å². The van der Waals surface area contributed by atoms with Gasteiger partial charge in [0.05, 0.1) is 12.0 Å². The second kappa shape index (κ2) is 6.95. The highest BCUT2D eigenvalue weighted by Gasteiger charge is 2.35. The number of rotatable bonds is 4. The second-order valence-electron chi connectivity index (χ2n) is 6.54. The van der Waals surface area contributed by atoms with Crippen molar-refractivity contribution in [3.63, 3.8) is 0 Å². The van der Waals surface area contributed by atoms with Gasteiger partial charge in [-0.2, -0.15) is 0 Å². The molecular weight excluding hydrogens is 290 g/mol. The number of aliphatic hydroxyl groups is 1. The van der Waals surface area contributed by atoms with Gasteiger partial charge in [-0.1, -0.05) is 0 Å². The number of primary amides is 1. The fourth-order valence-electron chi connectivity index (χ4n) is 2.17. The lowest BCUT2D eigenvalue weighted by Gasteiger charge is -2.24. The molecule has 126 valence electrons. The molecule has 8 nitrogen and oxygen atoms in total. The predicted molar refractivity (Wildman–Crippen MR) is 78.7 cm³/mol. The summed E-state index contributed by atoms with van der Waals surface area (Å²) in [5.74, 6) is -1.66. The van der Waals surface area contributed by atoms with Crippen LogP contribution in [0.5, 0.6) is 0 Å². The third kappa shape index (κ3) is 5.18. The minimum Gasteiger partial charge on any atom is -0.444 e. The van der Waals surface area contributed by atoms with E-state index in [0.29, 0.717) is 13.0 Å². The molecule has 1 aliphatic heterocycles. The monoisotopic (exact) mass is 315 g/mol. The van der Waals surface area contributed by atoms with Gasteiger partial charge in [0.15, 0.2) is 0 Å². The minimum atomic E-state index is -1.14. The van der Waals surface area contributed by atoms with Crippen LogP contribution in [0, 0.1) is 5.92 Å². The molecule has 1 rings (SSSR count). The SMILES string of the molecule is C[C@@H](O)[C@H](NC(=O)[C@@H]1CCN(C(=O)OC(C)(C)C)C1)C(N)=O. The van der Waals surface area contributed by atoms with E-state index in [-0.39, 0.29) is 6.54 Å². The molecule has 3 amide bonds. The summed E-state index contributed by atoms with van der Waals surface area (Å²) in [6.07, 6.45) is -1.08. The maximum atomic E-state index is 12.1. The van der Waals surface area contributed by atoms with Gasteiger partial charge >= 0.3 is 6.09 Å². The summed E-state index contributed by atoms with van der Waals surface area (Å²) in [5, 5.41) is 11.9. The zero-order chi connectivity index (χ0) is 17.1. The highest BCUT2D eigenvalue weighted by molar-refractivity contribution is 5.88. The summed E-state index contributed by atoms with van der Waals surface area (Å²) in [6.45, 7) is 7.30. The molecule has 0 spiro atoms. The minimum absolute atomic E-state index is 0.214. The van der Waals surface area contributed by atoms with Crippen molar-refractivity contribution in [3.05, 3.63) is 0 Å². The highest BCUT2D eigenvalue weighted by atomic mass is 16.6. The van der Waals surface area contributed by atoms with Crippen LogP contribution < -0.4 is 11.1 Å². The Morgan fingerprint density at radius 3 is 2.41 bits per heavy atom. The molecule has 0 radical (unpaired) electrons. The molecule has 8 heteroatoms. The summed E-state index contributed by atoms with van der Waals surface area (Å²) in [4.78, 5) is 36.7. The van der Waals surface area contributed by atoms with Crippen molar-refractivity contribution in [3.8, 4) is 0 Å². The average Bonchev–Trinajstić information content (AvgIpc) is 2.82. The van der Waals surface area contributed by atoms with E-state index in [1.807, 2.05) is 0 Å². The highest BCUT2D eigenvalue weighted by Crippen LogP contribution is 2.19. The summed E-state index contributed by atoms with van der Waals surface area (Å²) in [7, 11) is 0. The number of nitrogens with zero attached hydrogens (tertiary/aromatic N) is 1. The Morgan fingerprint density at radius 2 is 1.95 bits per heavy atom. The van der Waals surface area contributed by atoms with Crippen LogP contribution >= 0.6 is 0 Å². The Labute approximate surface area is 130 Å². The van der Waals surface area contributed by atoms with Crippen LogP contribution in [-0.2, 0) is 14.3 Å². The van der Waals surface area contributed by atoms with E-state index in [9.17, 15) is 19.5 Å². The first-order valence-corrected chi connectivity index (χ1v) is 7.27. The lowest BCUT2D eigenvalue weighted by Crippen LogP contribution is -2.52. The topological polar surface area (TPSA) is 122 Å². The van der Waals surface area contributed by atoms with Crippen molar-refractivity contribution >= 4 is 17.9 Å². The largest absolute Gasteiger partial charge is 0.444 e. The summed E-state index contributed by atoms with van der Waals surface area (Å²) in [5.41, 5.74) is 4.53. The summed E-state index contributed by atoms with van der Waals surface area (Å²) >= 11 is 0. The van der Waals surface area contributed by atoms with Crippen molar-refractivity contribution in [2.75, 3.05) is 13.1 Å². The number of aliphatic hydroxyl groups excluding tert-OH is 1. The Morgan fingerprint density at radius 1 is 1.36 bits per heavy atom. The quantitative estimate of drug-likeness (QED) is 0.651. The van der Waals surface area contributed by atoms with E-state index in [4.69, 9.17) is 10.5 Å². The maximum absolute atomic E-state index is 12.1. The molecule has 1 aliphatic rings. The molecule has 0 bridgehead atoms. The second-order valence-corrected chi connectivity index (χ2v) is 6.54. The fraction of sp³-hybridized carbons (Fsp3) is 0.786. The van der Waals surface area contributed by atoms with E-state index in [1.165, 1.54) is 11.8 Å². The Bertz CT molecular complexity index is 444. The first-order chi connectivity index (χ1) is 10.0. The lowest BCUT2D eigenvalue weighted by molar-refractivity contribution is -0.131. The van der Waals surface area contributed by atoms with Crippen LogP contribution in [0.3, 0.4) is 0 Å². The molecule has 3 atom stereocenters. The van der Waals surface area contributed by atoms with Gasteiger partial charge in [-0.25, -0.2) is 4.79 Å². The number of ether oxygens (including phenoxy) is 1. The molecule has 0 unspecified atom stereocenters. The number of nitrogens with two attached hydrogens (primary N) is 1. The fourth-order valence-corrected chi connectivity index (χ4v) is 2.17. The van der Waals surface area contributed by atoms with Gasteiger partial charge in [-0.3, -0.25) is 9.59 Å². The number of hydrogen-bond donors (Lipinski definition) is 3. The maximum Gasteiger partial charge on any atom is 0.410 e. The summed E-state index contributed by atoms with van der Waals surface area (Å²) in [6, 6.07) is -1.14. The van der Waals surface area contributed by atoms with Crippen molar-refractivity contribution in [1.29, 1.82) is 0 Å². The van der Waals surface area contributed by atoms with Crippen LogP contribution in [0.25, 0.3) is 0 Å². The summed E-state index contributed by atoms with van der Waals surface area (Å²) < 4.78 is 5.25. The molecule has 22 heavy (non-hydrogen) atoms. The van der Waals surface area contributed by atoms with E-state index in [1.54, 1.807) is 20.8 Å². The standard InChI is InChI=1S/C14H25N3O5/c1-8(18)10(11(15)19)16-12(20)9-5-6-17(7-9)13(21)22-14(2,3)4/h8-10,18H,5-7H2,1-4H3,(H2,15,19)(H,16,20)/t8-,9-,10+/m1/s1. The molecule has 0 aromatic heterocycles. The van der Waals surface area contributed by atoms with E-state index < -0.39 is 41.6 Å². The first kappa shape index (κ1) is 18.2. The van der Waals surface area contributed by atoms with Crippen LogP contribution in [-0.4, -0.2) is 58.8 Å². The number of carbonyl (C=O) groups is 3. The molecule has 0 saturated carbocycles. The van der Waals surface area contributed by atoms with Crippen molar-refractivity contribution in [2.24, 2.45) is 11.7 Å². The molecule has 4 N–H and O–H groups in total. The number of amides is 3. The number of hydrogen-bond acceptors (Lipinski definition) is 5. The van der Waals surface area contributed by atoms with Gasteiger partial charge in [0.25, 0.3) is 0 Å². The van der Waals surface area contributed by atoms with Crippen molar-refractivity contribution < 1.29 is 24.2 Å². The Balaban J connectivity index is 2.57. The van der Waals surface area contributed by atoms with Crippen LogP contribution in [0.1, 0.15) is 34.1 Å². The molecule has 1 saturated heterocycles. The van der Waals surface area contributed by atoms with Gasteiger partial charge in [-0.05, 0) is 34.1 Å². The van der Waals surface area contributed by atoms with Gasteiger partial charge < -0.3 is 25.8 Å².